The summed E-state index contributed by atoms with van der Waals surface area (Å²) in [7, 11) is 1.98. The summed E-state index contributed by atoms with van der Waals surface area (Å²) in [5, 5.41) is 7.83. The first-order valence-electron chi connectivity index (χ1n) is 3.91. The summed E-state index contributed by atoms with van der Waals surface area (Å²) >= 11 is 0. The lowest BCUT2D eigenvalue weighted by Crippen LogP contribution is -2.37. The van der Waals surface area contributed by atoms with Crippen molar-refractivity contribution in [2.45, 2.75) is 13.0 Å². The van der Waals surface area contributed by atoms with Gasteiger partial charge in [0.25, 0.3) is 0 Å². The fraction of sp³-hybridized carbons (Fsp3) is 0.714. The van der Waals surface area contributed by atoms with Gasteiger partial charge in [0, 0.05) is 7.05 Å². The normalized spacial score (nSPS) is 18.3. The van der Waals surface area contributed by atoms with Gasteiger partial charge in [0.15, 0.2) is 0 Å². The third kappa shape index (κ3) is 1.26. The number of aromatic nitrogens is 3. The van der Waals surface area contributed by atoms with Crippen LogP contribution in [0.15, 0.2) is 6.33 Å². The quantitative estimate of drug-likeness (QED) is 0.599. The van der Waals surface area contributed by atoms with Crippen molar-refractivity contribution in [2.24, 2.45) is 7.05 Å². The molecule has 1 aromatic heterocycles. The van der Waals surface area contributed by atoms with Crippen LogP contribution in [0.1, 0.15) is 12.2 Å². The zero-order valence-electron chi connectivity index (χ0n) is 6.69. The summed E-state index contributed by atoms with van der Waals surface area (Å²) in [6.45, 7) is 3.39. The average Bonchev–Trinajstić information content (AvgIpc) is 2.27. The van der Waals surface area contributed by atoms with Crippen LogP contribution in [0.5, 0.6) is 0 Å². The minimum absolute atomic E-state index is 0.955. The molecule has 4 nitrogen and oxygen atoms in total. The van der Waals surface area contributed by atoms with Crippen LogP contribution in [-0.2, 0) is 13.6 Å². The van der Waals surface area contributed by atoms with Gasteiger partial charge in [0.05, 0.1) is 6.54 Å². The van der Waals surface area contributed by atoms with E-state index in [4.69, 9.17) is 0 Å². The Morgan fingerprint density at radius 1 is 1.55 bits per heavy atom. The van der Waals surface area contributed by atoms with Crippen molar-refractivity contribution < 1.29 is 0 Å². The Balaban J connectivity index is 1.99. The van der Waals surface area contributed by atoms with E-state index in [2.05, 4.69) is 15.1 Å². The summed E-state index contributed by atoms with van der Waals surface area (Å²) in [4.78, 5) is 2.37. The second-order valence-electron chi connectivity index (χ2n) is 2.99. The molecule has 0 unspecified atom stereocenters. The smallest absolute Gasteiger partial charge is 0.146 e. The van der Waals surface area contributed by atoms with Gasteiger partial charge in [-0.2, -0.15) is 0 Å². The Morgan fingerprint density at radius 3 is 2.82 bits per heavy atom. The van der Waals surface area contributed by atoms with Gasteiger partial charge in [0.2, 0.25) is 0 Å². The number of hydrogen-bond donors (Lipinski definition) is 0. The summed E-state index contributed by atoms with van der Waals surface area (Å²) < 4.78 is 1.97. The van der Waals surface area contributed by atoms with Gasteiger partial charge >= 0.3 is 0 Å². The molecule has 0 aromatic carbocycles. The van der Waals surface area contributed by atoms with Crippen LogP contribution < -0.4 is 0 Å². The van der Waals surface area contributed by atoms with Crippen molar-refractivity contribution in [3.63, 3.8) is 0 Å². The van der Waals surface area contributed by atoms with Crippen LogP contribution in [0, 0.1) is 0 Å². The van der Waals surface area contributed by atoms with Crippen molar-refractivity contribution in [3.05, 3.63) is 12.2 Å². The van der Waals surface area contributed by atoms with Crippen LogP contribution in [-0.4, -0.2) is 32.8 Å². The fourth-order valence-corrected chi connectivity index (χ4v) is 1.19. The zero-order valence-corrected chi connectivity index (χ0v) is 6.69. The minimum Gasteiger partial charge on any atom is -0.320 e. The Kier molecular flexibility index (Phi) is 1.62. The Morgan fingerprint density at radius 2 is 2.36 bits per heavy atom. The first-order chi connectivity index (χ1) is 5.36. The van der Waals surface area contributed by atoms with Gasteiger partial charge in [-0.3, -0.25) is 4.90 Å². The standard InChI is InChI=1S/C7H12N4/c1-10-6-8-9-7(10)5-11-3-2-4-11/h6H,2-5H2,1H3. The first kappa shape index (κ1) is 6.79. The summed E-state index contributed by atoms with van der Waals surface area (Å²) in [5.74, 6) is 1.06. The molecule has 0 amide bonds. The number of likely N-dealkylation sites (tertiary alicyclic amines) is 1. The number of hydrogen-bond acceptors (Lipinski definition) is 3. The van der Waals surface area contributed by atoms with Gasteiger partial charge in [-0.05, 0) is 19.5 Å². The molecule has 11 heavy (non-hydrogen) atoms. The molecule has 0 spiro atoms. The van der Waals surface area contributed by atoms with Crippen LogP contribution in [0.4, 0.5) is 0 Å². The molecular formula is C7H12N4. The van der Waals surface area contributed by atoms with Crippen LogP contribution in [0.3, 0.4) is 0 Å². The van der Waals surface area contributed by atoms with E-state index in [0.29, 0.717) is 0 Å². The lowest BCUT2D eigenvalue weighted by atomic mass is 10.2. The first-order valence-corrected chi connectivity index (χ1v) is 3.91. The molecule has 1 saturated heterocycles. The molecule has 1 fully saturated rings. The largest absolute Gasteiger partial charge is 0.320 e. The maximum atomic E-state index is 4.01. The molecule has 1 aliphatic rings. The minimum atomic E-state index is 0.955. The van der Waals surface area contributed by atoms with E-state index in [1.807, 2.05) is 11.6 Å². The summed E-state index contributed by atoms with van der Waals surface area (Å²) in [5.41, 5.74) is 0. The Labute approximate surface area is 65.8 Å². The molecule has 2 heterocycles. The van der Waals surface area contributed by atoms with E-state index < -0.39 is 0 Å². The Bertz CT molecular complexity index is 238. The zero-order chi connectivity index (χ0) is 7.68. The second kappa shape index (κ2) is 2.62. The van der Waals surface area contributed by atoms with Gasteiger partial charge in [-0.15, -0.1) is 10.2 Å². The molecule has 1 aliphatic heterocycles. The number of nitrogens with zero attached hydrogens (tertiary/aromatic N) is 4. The number of aryl methyl sites for hydroxylation is 1. The predicted octanol–water partition coefficient (Wildman–Crippen LogP) is 0.0208. The third-order valence-corrected chi connectivity index (χ3v) is 2.12. The maximum Gasteiger partial charge on any atom is 0.146 e. The number of rotatable bonds is 2. The average molecular weight is 152 g/mol. The maximum absolute atomic E-state index is 4.01. The van der Waals surface area contributed by atoms with E-state index in [0.717, 1.165) is 12.4 Å². The molecule has 4 heteroatoms. The van der Waals surface area contributed by atoms with Crippen LogP contribution in [0.2, 0.25) is 0 Å². The lowest BCUT2D eigenvalue weighted by Gasteiger charge is -2.29. The van der Waals surface area contributed by atoms with Gasteiger partial charge in [-0.25, -0.2) is 0 Å². The van der Waals surface area contributed by atoms with E-state index in [1.54, 1.807) is 6.33 Å². The molecule has 0 bridgehead atoms. The van der Waals surface area contributed by atoms with Crippen molar-refractivity contribution in [1.82, 2.24) is 19.7 Å². The topological polar surface area (TPSA) is 34.0 Å². The van der Waals surface area contributed by atoms with Crippen molar-refractivity contribution in [1.29, 1.82) is 0 Å². The van der Waals surface area contributed by atoms with Crippen LogP contribution >= 0.6 is 0 Å². The van der Waals surface area contributed by atoms with Gasteiger partial charge in [0.1, 0.15) is 12.2 Å². The Hall–Kier alpha value is -0.900. The fourth-order valence-electron chi connectivity index (χ4n) is 1.19. The molecular weight excluding hydrogens is 140 g/mol. The summed E-state index contributed by atoms with van der Waals surface area (Å²) in [6.07, 6.45) is 3.08. The predicted molar refractivity (Wildman–Crippen MR) is 40.9 cm³/mol. The third-order valence-electron chi connectivity index (χ3n) is 2.12. The van der Waals surface area contributed by atoms with E-state index in [1.165, 1.54) is 19.5 Å². The van der Waals surface area contributed by atoms with Gasteiger partial charge < -0.3 is 4.57 Å². The lowest BCUT2D eigenvalue weighted by molar-refractivity contribution is 0.166. The van der Waals surface area contributed by atoms with Crippen molar-refractivity contribution in [2.75, 3.05) is 13.1 Å². The SMILES string of the molecule is Cn1cnnc1CN1CCC1. The molecule has 0 aliphatic carbocycles. The molecule has 0 N–H and O–H groups in total. The highest BCUT2D eigenvalue weighted by Crippen LogP contribution is 2.09. The van der Waals surface area contributed by atoms with E-state index >= 15 is 0 Å². The molecule has 0 radical (unpaired) electrons. The van der Waals surface area contributed by atoms with Crippen molar-refractivity contribution >= 4 is 0 Å². The molecule has 2 rings (SSSR count). The van der Waals surface area contributed by atoms with Crippen LogP contribution in [0.25, 0.3) is 0 Å². The highest BCUT2D eigenvalue weighted by atomic mass is 15.3. The van der Waals surface area contributed by atoms with E-state index in [-0.39, 0.29) is 0 Å². The molecule has 0 saturated carbocycles. The van der Waals surface area contributed by atoms with Crippen molar-refractivity contribution in [3.8, 4) is 0 Å². The molecule has 60 valence electrons. The highest BCUT2D eigenvalue weighted by molar-refractivity contribution is 4.86. The van der Waals surface area contributed by atoms with E-state index in [9.17, 15) is 0 Å². The monoisotopic (exact) mass is 152 g/mol. The summed E-state index contributed by atoms with van der Waals surface area (Å²) in [6, 6.07) is 0. The molecule has 1 aromatic rings. The molecule has 0 atom stereocenters. The van der Waals surface area contributed by atoms with Gasteiger partial charge in [-0.1, -0.05) is 0 Å². The second-order valence-corrected chi connectivity index (χ2v) is 2.99. The highest BCUT2D eigenvalue weighted by Gasteiger charge is 2.15.